The van der Waals surface area contributed by atoms with Gasteiger partial charge in [-0.15, -0.1) is 0 Å². The molecule has 1 saturated heterocycles. The van der Waals surface area contributed by atoms with Gasteiger partial charge in [-0.3, -0.25) is 9.69 Å². The summed E-state index contributed by atoms with van der Waals surface area (Å²) >= 11 is 24.7. The van der Waals surface area contributed by atoms with Crippen LogP contribution in [0.3, 0.4) is 0 Å². The minimum Gasteiger partial charge on any atom is -0.465 e. The smallest absolute Gasteiger partial charge is 0.236 e. The van der Waals surface area contributed by atoms with Gasteiger partial charge < -0.3 is 15.4 Å². The van der Waals surface area contributed by atoms with Crippen molar-refractivity contribution in [3.63, 3.8) is 0 Å². The molecular formula is C25H20Cl3N3O2S. The number of nitrogens with zero attached hydrogens (tertiary/aromatic N) is 1. The fourth-order valence-corrected chi connectivity index (χ4v) is 5.80. The van der Waals surface area contributed by atoms with Crippen LogP contribution in [0, 0.1) is 12.8 Å². The molecule has 0 unspecified atom stereocenters. The van der Waals surface area contributed by atoms with Crippen LogP contribution in [0.15, 0.2) is 60.7 Å². The Kier molecular flexibility index (Phi) is 5.89. The summed E-state index contributed by atoms with van der Waals surface area (Å²) in [6.07, 6.45) is 0. The lowest BCUT2D eigenvalue weighted by Crippen LogP contribution is -2.72. The molecule has 0 aromatic heterocycles. The number of fused-ring (bicyclic) bond motifs is 4. The lowest BCUT2D eigenvalue weighted by molar-refractivity contribution is -0.130. The Balaban J connectivity index is 1.65. The molecule has 0 radical (unpaired) electrons. The molecule has 2 heterocycles. The summed E-state index contributed by atoms with van der Waals surface area (Å²) < 4.78 is 6.57. The van der Waals surface area contributed by atoms with Crippen molar-refractivity contribution < 1.29 is 9.53 Å². The van der Waals surface area contributed by atoms with Crippen molar-refractivity contribution in [1.29, 1.82) is 0 Å². The molecule has 9 heteroatoms. The predicted octanol–water partition coefficient (Wildman–Crippen LogP) is 6.75. The molecular weight excluding hydrogens is 513 g/mol. The van der Waals surface area contributed by atoms with Crippen LogP contribution in [-0.4, -0.2) is 16.7 Å². The molecule has 5 rings (SSSR count). The Labute approximate surface area is 217 Å². The number of carbonyl (C=O) groups excluding carboxylic acids is 1. The molecule has 3 atom stereocenters. The van der Waals surface area contributed by atoms with E-state index in [2.05, 4.69) is 10.6 Å². The van der Waals surface area contributed by atoms with Crippen LogP contribution in [0.2, 0.25) is 15.1 Å². The second-order valence-electron chi connectivity index (χ2n) is 8.54. The summed E-state index contributed by atoms with van der Waals surface area (Å²) in [6, 6.07) is 17.7. The molecule has 2 N–H and O–H groups in total. The Morgan fingerprint density at radius 2 is 1.82 bits per heavy atom. The minimum atomic E-state index is -1.18. The first kappa shape index (κ1) is 23.2. The summed E-state index contributed by atoms with van der Waals surface area (Å²) in [4.78, 5) is 15.6. The van der Waals surface area contributed by atoms with E-state index < -0.39 is 17.7 Å². The van der Waals surface area contributed by atoms with E-state index in [1.165, 1.54) is 0 Å². The number of benzene rings is 3. The zero-order chi connectivity index (χ0) is 24.2. The van der Waals surface area contributed by atoms with Crippen molar-refractivity contribution in [1.82, 2.24) is 5.32 Å². The van der Waals surface area contributed by atoms with Crippen LogP contribution < -0.4 is 20.3 Å². The molecule has 1 amide bonds. The number of anilines is 2. The van der Waals surface area contributed by atoms with Gasteiger partial charge in [0.2, 0.25) is 5.91 Å². The van der Waals surface area contributed by atoms with Gasteiger partial charge in [0.15, 0.2) is 10.8 Å². The van der Waals surface area contributed by atoms with Gasteiger partial charge in [-0.05, 0) is 80.2 Å². The van der Waals surface area contributed by atoms with E-state index in [1.807, 2.05) is 43.0 Å². The van der Waals surface area contributed by atoms with E-state index in [0.29, 0.717) is 37.2 Å². The molecule has 5 nitrogen and oxygen atoms in total. The van der Waals surface area contributed by atoms with Gasteiger partial charge >= 0.3 is 0 Å². The summed E-state index contributed by atoms with van der Waals surface area (Å²) in [5.41, 5.74) is 1.97. The van der Waals surface area contributed by atoms with Crippen LogP contribution in [0.5, 0.6) is 5.75 Å². The van der Waals surface area contributed by atoms with Crippen molar-refractivity contribution in [2.75, 3.05) is 10.2 Å². The zero-order valence-corrected chi connectivity index (χ0v) is 21.3. The fourth-order valence-electron chi connectivity index (χ4n) is 4.71. The van der Waals surface area contributed by atoms with Gasteiger partial charge in [0.25, 0.3) is 0 Å². The molecule has 3 aromatic carbocycles. The monoisotopic (exact) mass is 531 g/mol. The van der Waals surface area contributed by atoms with Gasteiger partial charge in [-0.25, -0.2) is 0 Å². The number of rotatable bonds is 3. The number of aryl methyl sites for hydroxylation is 1. The highest BCUT2D eigenvalue weighted by atomic mass is 35.5. The number of carbonyl (C=O) groups is 1. The number of thiocarbonyl (C=S) groups is 1. The first-order chi connectivity index (χ1) is 16.2. The molecule has 2 aliphatic rings. The Morgan fingerprint density at radius 3 is 2.53 bits per heavy atom. The minimum absolute atomic E-state index is 0.246. The molecule has 2 bridgehead atoms. The highest BCUT2D eigenvalue weighted by Gasteiger charge is 2.59. The van der Waals surface area contributed by atoms with Crippen molar-refractivity contribution in [2.45, 2.75) is 25.6 Å². The van der Waals surface area contributed by atoms with E-state index in [1.54, 1.807) is 36.4 Å². The second-order valence-corrected chi connectivity index (χ2v) is 10.2. The number of ether oxygens (including phenoxy) is 1. The van der Waals surface area contributed by atoms with E-state index in [0.717, 1.165) is 11.3 Å². The molecule has 0 aliphatic carbocycles. The maximum absolute atomic E-state index is 13.8. The van der Waals surface area contributed by atoms with E-state index in [9.17, 15) is 4.79 Å². The highest BCUT2D eigenvalue weighted by molar-refractivity contribution is 7.80. The van der Waals surface area contributed by atoms with Gasteiger partial charge in [-0.2, -0.15) is 0 Å². The topological polar surface area (TPSA) is 53.6 Å². The average molecular weight is 533 g/mol. The lowest BCUT2D eigenvalue weighted by Gasteiger charge is -2.56. The van der Waals surface area contributed by atoms with E-state index in [4.69, 9.17) is 51.8 Å². The van der Waals surface area contributed by atoms with Gasteiger partial charge in [0.05, 0.1) is 11.1 Å². The number of amides is 1. The highest BCUT2D eigenvalue weighted by Crippen LogP contribution is 2.52. The third kappa shape index (κ3) is 3.89. The predicted molar refractivity (Wildman–Crippen MR) is 141 cm³/mol. The molecule has 3 aromatic rings. The summed E-state index contributed by atoms with van der Waals surface area (Å²) in [7, 11) is 0. The van der Waals surface area contributed by atoms with Crippen molar-refractivity contribution in [3.05, 3.63) is 86.9 Å². The second kappa shape index (κ2) is 8.61. The first-order valence-electron chi connectivity index (χ1n) is 10.6. The summed E-state index contributed by atoms with van der Waals surface area (Å²) in [6.45, 7) is 3.85. The number of hydrogen-bond acceptors (Lipinski definition) is 3. The van der Waals surface area contributed by atoms with Crippen LogP contribution in [0.25, 0.3) is 0 Å². The van der Waals surface area contributed by atoms with Crippen LogP contribution in [-0.2, 0) is 4.79 Å². The maximum atomic E-state index is 13.8. The quantitative estimate of drug-likeness (QED) is 0.365. The van der Waals surface area contributed by atoms with Crippen LogP contribution in [0.4, 0.5) is 11.4 Å². The Bertz CT molecular complexity index is 1320. The van der Waals surface area contributed by atoms with E-state index >= 15 is 0 Å². The lowest BCUT2D eigenvalue weighted by atomic mass is 9.78. The molecule has 1 fully saturated rings. The van der Waals surface area contributed by atoms with E-state index in [-0.39, 0.29) is 5.91 Å². The summed E-state index contributed by atoms with van der Waals surface area (Å²) in [5.74, 6) is -0.483. The Hall–Kier alpha value is -2.51. The molecule has 0 spiro atoms. The zero-order valence-electron chi connectivity index (χ0n) is 18.2. The van der Waals surface area contributed by atoms with Gasteiger partial charge in [-0.1, -0.05) is 46.9 Å². The first-order valence-corrected chi connectivity index (χ1v) is 12.1. The van der Waals surface area contributed by atoms with Crippen molar-refractivity contribution in [3.8, 4) is 5.75 Å². The third-order valence-corrected chi connectivity index (χ3v) is 7.22. The Morgan fingerprint density at radius 1 is 1.09 bits per heavy atom. The molecule has 34 heavy (non-hydrogen) atoms. The molecule has 2 aliphatic heterocycles. The average Bonchev–Trinajstić information content (AvgIpc) is 2.76. The normalized spacial score (nSPS) is 23.0. The largest absolute Gasteiger partial charge is 0.465 e. The van der Waals surface area contributed by atoms with Crippen molar-refractivity contribution >= 4 is 69.4 Å². The molecule has 0 saturated carbocycles. The van der Waals surface area contributed by atoms with Gasteiger partial charge in [0, 0.05) is 27.0 Å². The molecule has 174 valence electrons. The third-order valence-electron chi connectivity index (χ3n) is 6.17. The number of halogens is 3. The van der Waals surface area contributed by atoms with Crippen molar-refractivity contribution in [2.24, 2.45) is 5.92 Å². The standard InChI is InChI=1S/C25H20Cl3N3O2S/c1-13-4-3-5-17(10-13)31-24(34)30-21-18-11-15(27)12-19(28)22(18)33-25(31,2)20(21)23(32)29-16-8-6-14(26)7-9-16/h3-12,20-21H,1-2H3,(H,29,32)(H,30,34)/t20-,21-,25-/m0/s1. The van der Waals surface area contributed by atoms with Gasteiger partial charge in [0.1, 0.15) is 11.7 Å². The fraction of sp³-hybridized carbons (Fsp3) is 0.200. The maximum Gasteiger partial charge on any atom is 0.236 e. The summed E-state index contributed by atoms with van der Waals surface area (Å²) in [5, 5.41) is 8.19. The SMILES string of the molecule is Cc1cccc(N2C(=S)N[C@H]3c4cc(Cl)cc(Cl)c4O[C@@]2(C)[C@@H]3C(=O)Nc2ccc(Cl)cc2)c1. The number of nitrogens with one attached hydrogen (secondary N) is 2. The number of hydrogen-bond donors (Lipinski definition) is 2. The van der Waals surface area contributed by atoms with Crippen LogP contribution in [0.1, 0.15) is 24.1 Å². The van der Waals surface area contributed by atoms with Crippen LogP contribution >= 0.6 is 47.0 Å².